The van der Waals surface area contributed by atoms with Crippen molar-refractivity contribution in [2.75, 3.05) is 18.6 Å². The number of benzene rings is 1. The predicted octanol–water partition coefficient (Wildman–Crippen LogP) is 0.786. The molecule has 0 atom stereocenters. The normalized spacial score (nSPS) is 11.3. The van der Waals surface area contributed by atoms with Crippen LogP contribution in [0.1, 0.15) is 10.5 Å². The van der Waals surface area contributed by atoms with Gasteiger partial charge in [0.15, 0.2) is 5.69 Å². The van der Waals surface area contributed by atoms with E-state index in [4.69, 9.17) is 0 Å². The fraction of sp³-hybridized carbons (Fsp3) is 0.231. The number of nitrogens with one attached hydrogen (secondary N) is 1. The van der Waals surface area contributed by atoms with Crippen molar-refractivity contribution in [2.24, 2.45) is 0 Å². The lowest BCUT2D eigenvalue weighted by Crippen LogP contribution is -2.29. The van der Waals surface area contributed by atoms with Gasteiger partial charge in [-0.15, -0.1) is 0 Å². The topological polar surface area (TPSA) is 81.1 Å². The second kappa shape index (κ2) is 6.04. The molecular formula is C13H14FN3O3S. The molecule has 0 aliphatic carbocycles. The highest BCUT2D eigenvalue weighted by atomic mass is 32.2. The number of aromatic nitrogens is 2. The van der Waals surface area contributed by atoms with Crippen LogP contribution >= 0.6 is 0 Å². The van der Waals surface area contributed by atoms with E-state index in [1.807, 2.05) is 0 Å². The molecule has 0 spiro atoms. The fourth-order valence-corrected chi connectivity index (χ4v) is 2.13. The Labute approximate surface area is 121 Å². The van der Waals surface area contributed by atoms with Crippen molar-refractivity contribution in [2.45, 2.75) is 0 Å². The number of halogens is 1. The van der Waals surface area contributed by atoms with E-state index in [0.717, 1.165) is 6.26 Å². The number of para-hydroxylation sites is 1. The Morgan fingerprint density at radius 2 is 2.05 bits per heavy atom. The standard InChI is InChI=1S/C13H14FN3O3S/c1-21(19,20)9-7-15-13(18)11-6-8-17(16-11)12-5-3-2-4-10(12)14/h2-6,8H,7,9H2,1H3,(H,15,18). The van der Waals surface area contributed by atoms with Crippen LogP contribution in [0, 0.1) is 5.82 Å². The molecule has 1 aromatic carbocycles. The Morgan fingerprint density at radius 3 is 2.71 bits per heavy atom. The maximum Gasteiger partial charge on any atom is 0.271 e. The average molecular weight is 311 g/mol. The first-order valence-electron chi connectivity index (χ1n) is 6.13. The van der Waals surface area contributed by atoms with Crippen LogP contribution < -0.4 is 5.32 Å². The summed E-state index contributed by atoms with van der Waals surface area (Å²) < 4.78 is 36.8. The molecule has 1 aromatic heterocycles. The first-order chi connectivity index (χ1) is 9.87. The summed E-state index contributed by atoms with van der Waals surface area (Å²) in [5.74, 6) is -1.11. The van der Waals surface area contributed by atoms with Gasteiger partial charge in [0, 0.05) is 19.0 Å². The molecule has 0 fully saturated rings. The minimum Gasteiger partial charge on any atom is -0.350 e. The van der Waals surface area contributed by atoms with E-state index in [9.17, 15) is 17.6 Å². The van der Waals surface area contributed by atoms with E-state index in [1.54, 1.807) is 12.1 Å². The molecule has 0 saturated carbocycles. The van der Waals surface area contributed by atoms with Gasteiger partial charge >= 0.3 is 0 Å². The van der Waals surface area contributed by atoms with Crippen LogP contribution in [-0.4, -0.2) is 42.7 Å². The number of amides is 1. The third-order valence-corrected chi connectivity index (χ3v) is 3.63. The quantitative estimate of drug-likeness (QED) is 0.885. The number of rotatable bonds is 5. The Kier molecular flexibility index (Phi) is 4.37. The molecule has 1 heterocycles. The summed E-state index contributed by atoms with van der Waals surface area (Å²) in [5.41, 5.74) is 0.319. The SMILES string of the molecule is CS(=O)(=O)CCNC(=O)c1ccn(-c2ccccc2F)n1. The van der Waals surface area contributed by atoms with Crippen molar-refractivity contribution in [1.82, 2.24) is 15.1 Å². The molecule has 8 heteroatoms. The zero-order valence-electron chi connectivity index (χ0n) is 11.3. The number of hydrogen-bond donors (Lipinski definition) is 1. The smallest absolute Gasteiger partial charge is 0.271 e. The number of carbonyl (C=O) groups is 1. The number of nitrogens with zero attached hydrogens (tertiary/aromatic N) is 2. The highest BCUT2D eigenvalue weighted by Gasteiger charge is 2.12. The molecule has 0 unspecified atom stereocenters. The van der Waals surface area contributed by atoms with Crippen LogP contribution in [0.15, 0.2) is 36.5 Å². The van der Waals surface area contributed by atoms with Crippen LogP contribution in [-0.2, 0) is 9.84 Å². The molecule has 0 saturated heterocycles. The molecule has 0 aliphatic rings. The van der Waals surface area contributed by atoms with Gasteiger partial charge in [-0.05, 0) is 18.2 Å². The van der Waals surface area contributed by atoms with Gasteiger partial charge in [-0.2, -0.15) is 5.10 Å². The van der Waals surface area contributed by atoms with Gasteiger partial charge in [0.25, 0.3) is 5.91 Å². The molecule has 112 valence electrons. The van der Waals surface area contributed by atoms with Gasteiger partial charge < -0.3 is 5.32 Å². The van der Waals surface area contributed by atoms with Gasteiger partial charge in [-0.3, -0.25) is 4.79 Å². The third kappa shape index (κ3) is 4.12. The van der Waals surface area contributed by atoms with Gasteiger partial charge in [-0.25, -0.2) is 17.5 Å². The lowest BCUT2D eigenvalue weighted by atomic mass is 10.3. The largest absolute Gasteiger partial charge is 0.350 e. The molecule has 2 rings (SSSR count). The molecule has 2 aromatic rings. The molecule has 1 amide bonds. The summed E-state index contributed by atoms with van der Waals surface area (Å²) in [6.07, 6.45) is 2.55. The second-order valence-corrected chi connectivity index (χ2v) is 6.74. The first-order valence-corrected chi connectivity index (χ1v) is 8.19. The summed E-state index contributed by atoms with van der Waals surface area (Å²) in [7, 11) is -3.14. The van der Waals surface area contributed by atoms with Crippen LogP contribution in [0.4, 0.5) is 4.39 Å². The lowest BCUT2D eigenvalue weighted by molar-refractivity contribution is 0.0950. The summed E-state index contributed by atoms with van der Waals surface area (Å²) >= 11 is 0. The minimum absolute atomic E-state index is 0.00419. The van der Waals surface area contributed by atoms with Crippen molar-refractivity contribution in [3.63, 3.8) is 0 Å². The average Bonchev–Trinajstić information content (AvgIpc) is 2.87. The van der Waals surface area contributed by atoms with Crippen LogP contribution in [0.2, 0.25) is 0 Å². The summed E-state index contributed by atoms with van der Waals surface area (Å²) in [4.78, 5) is 11.8. The molecule has 0 radical (unpaired) electrons. The maximum atomic E-state index is 13.6. The number of sulfone groups is 1. The number of hydrogen-bond acceptors (Lipinski definition) is 4. The maximum absolute atomic E-state index is 13.6. The second-order valence-electron chi connectivity index (χ2n) is 4.48. The van der Waals surface area contributed by atoms with E-state index in [0.29, 0.717) is 0 Å². The molecule has 0 bridgehead atoms. The zero-order chi connectivity index (χ0) is 15.5. The molecule has 6 nitrogen and oxygen atoms in total. The summed E-state index contributed by atoms with van der Waals surface area (Å²) in [6.45, 7) is 0.00419. The molecule has 21 heavy (non-hydrogen) atoms. The van der Waals surface area contributed by atoms with Crippen molar-refractivity contribution < 1.29 is 17.6 Å². The summed E-state index contributed by atoms with van der Waals surface area (Å²) in [5, 5.41) is 6.42. The van der Waals surface area contributed by atoms with E-state index in [2.05, 4.69) is 10.4 Å². The van der Waals surface area contributed by atoms with Gasteiger partial charge in [0.1, 0.15) is 21.3 Å². The van der Waals surface area contributed by atoms with E-state index < -0.39 is 21.6 Å². The Morgan fingerprint density at radius 1 is 1.33 bits per heavy atom. The highest BCUT2D eigenvalue weighted by Crippen LogP contribution is 2.12. The van der Waals surface area contributed by atoms with Crippen LogP contribution in [0.5, 0.6) is 0 Å². The predicted molar refractivity (Wildman–Crippen MR) is 75.6 cm³/mol. The lowest BCUT2D eigenvalue weighted by Gasteiger charge is -2.03. The van der Waals surface area contributed by atoms with E-state index in [-0.39, 0.29) is 23.7 Å². The zero-order valence-corrected chi connectivity index (χ0v) is 12.1. The Bertz CT molecular complexity index is 756. The van der Waals surface area contributed by atoms with Crippen LogP contribution in [0.3, 0.4) is 0 Å². The Balaban J connectivity index is 2.06. The van der Waals surface area contributed by atoms with E-state index in [1.165, 1.54) is 29.1 Å². The molecular weight excluding hydrogens is 297 g/mol. The first kappa shape index (κ1) is 15.2. The van der Waals surface area contributed by atoms with Crippen molar-refractivity contribution in [1.29, 1.82) is 0 Å². The number of carbonyl (C=O) groups excluding carboxylic acids is 1. The summed E-state index contributed by atoms with van der Waals surface area (Å²) in [6, 6.07) is 7.48. The van der Waals surface area contributed by atoms with Gasteiger partial charge in [-0.1, -0.05) is 12.1 Å². The minimum atomic E-state index is -3.14. The Hall–Kier alpha value is -2.22. The fourth-order valence-electron chi connectivity index (χ4n) is 1.66. The van der Waals surface area contributed by atoms with E-state index >= 15 is 0 Å². The third-order valence-electron chi connectivity index (χ3n) is 2.68. The molecule has 1 N–H and O–H groups in total. The monoisotopic (exact) mass is 311 g/mol. The molecule has 0 aliphatic heterocycles. The van der Waals surface area contributed by atoms with Crippen molar-refractivity contribution in [3.8, 4) is 5.69 Å². The van der Waals surface area contributed by atoms with Crippen molar-refractivity contribution in [3.05, 3.63) is 48.0 Å². The van der Waals surface area contributed by atoms with Crippen LogP contribution in [0.25, 0.3) is 5.69 Å². The van der Waals surface area contributed by atoms with Gasteiger partial charge in [0.05, 0.1) is 5.75 Å². The van der Waals surface area contributed by atoms with Crippen molar-refractivity contribution >= 4 is 15.7 Å². The van der Waals surface area contributed by atoms with Gasteiger partial charge in [0.2, 0.25) is 0 Å². The highest BCUT2D eigenvalue weighted by molar-refractivity contribution is 7.90.